The number of amides is 1. The summed E-state index contributed by atoms with van der Waals surface area (Å²) in [5.41, 5.74) is -0.0816. The van der Waals surface area contributed by atoms with Gasteiger partial charge in [0.2, 0.25) is 0 Å². The number of nitro benzene ring substituents is 1. The van der Waals surface area contributed by atoms with Crippen LogP contribution in [0.3, 0.4) is 0 Å². The molecule has 0 aliphatic heterocycles. The van der Waals surface area contributed by atoms with Gasteiger partial charge in [-0.3, -0.25) is 14.9 Å². The number of benzene rings is 2. The SMILES string of the molecule is CCOc1ccc(NC(=O)[C@@H](C)OC(=O)c2ccccc2[N+](=O)[O-])cc1. The highest BCUT2D eigenvalue weighted by Gasteiger charge is 2.24. The number of hydrogen-bond donors (Lipinski definition) is 1. The van der Waals surface area contributed by atoms with Gasteiger partial charge in [-0.2, -0.15) is 0 Å². The van der Waals surface area contributed by atoms with E-state index in [0.29, 0.717) is 18.0 Å². The number of hydrogen-bond acceptors (Lipinski definition) is 6. The average Bonchev–Trinajstić information content (AvgIpc) is 2.63. The Balaban J connectivity index is 2.00. The molecule has 1 N–H and O–H groups in total. The first-order valence-electron chi connectivity index (χ1n) is 7.90. The molecular weight excluding hydrogens is 340 g/mol. The average molecular weight is 358 g/mol. The molecule has 0 aliphatic carbocycles. The lowest BCUT2D eigenvalue weighted by molar-refractivity contribution is -0.385. The van der Waals surface area contributed by atoms with Crippen LogP contribution in [0.25, 0.3) is 0 Å². The number of carbonyl (C=O) groups is 2. The van der Waals surface area contributed by atoms with Crippen LogP contribution in [0.15, 0.2) is 48.5 Å². The lowest BCUT2D eigenvalue weighted by atomic mass is 10.2. The minimum absolute atomic E-state index is 0.210. The summed E-state index contributed by atoms with van der Waals surface area (Å²) in [6.45, 7) is 3.78. The van der Waals surface area contributed by atoms with E-state index in [2.05, 4.69) is 5.32 Å². The van der Waals surface area contributed by atoms with E-state index in [9.17, 15) is 19.7 Å². The molecule has 136 valence electrons. The maximum atomic E-state index is 12.2. The fraction of sp³-hybridized carbons (Fsp3) is 0.222. The van der Waals surface area contributed by atoms with E-state index in [4.69, 9.17) is 9.47 Å². The Morgan fingerprint density at radius 2 is 1.81 bits per heavy atom. The van der Waals surface area contributed by atoms with Gasteiger partial charge in [-0.1, -0.05) is 12.1 Å². The van der Waals surface area contributed by atoms with Crippen LogP contribution in [0.4, 0.5) is 11.4 Å². The summed E-state index contributed by atoms with van der Waals surface area (Å²) in [5, 5.41) is 13.6. The van der Waals surface area contributed by atoms with E-state index in [1.54, 1.807) is 24.3 Å². The molecule has 2 aromatic carbocycles. The fourth-order valence-electron chi connectivity index (χ4n) is 2.13. The predicted octanol–water partition coefficient (Wildman–Crippen LogP) is 3.18. The third-order valence-corrected chi connectivity index (χ3v) is 3.41. The smallest absolute Gasteiger partial charge is 0.345 e. The molecular formula is C18H18N2O6. The number of rotatable bonds is 7. The molecule has 2 aromatic rings. The number of esters is 1. The first-order chi connectivity index (χ1) is 12.4. The lowest BCUT2D eigenvalue weighted by Gasteiger charge is -2.14. The molecule has 0 heterocycles. The van der Waals surface area contributed by atoms with Crippen LogP contribution in [0.1, 0.15) is 24.2 Å². The summed E-state index contributed by atoms with van der Waals surface area (Å²) < 4.78 is 10.4. The molecule has 0 aromatic heterocycles. The molecule has 2 rings (SSSR count). The number of nitrogens with one attached hydrogen (secondary N) is 1. The van der Waals surface area contributed by atoms with E-state index in [-0.39, 0.29) is 11.3 Å². The number of para-hydroxylation sites is 1. The summed E-state index contributed by atoms with van der Waals surface area (Å²) >= 11 is 0. The van der Waals surface area contributed by atoms with Crippen molar-refractivity contribution in [3.63, 3.8) is 0 Å². The lowest BCUT2D eigenvalue weighted by Crippen LogP contribution is -2.30. The predicted molar refractivity (Wildman–Crippen MR) is 94.2 cm³/mol. The summed E-state index contributed by atoms with van der Waals surface area (Å²) in [5.74, 6) is -0.825. The monoisotopic (exact) mass is 358 g/mol. The Kier molecular flexibility index (Phi) is 6.26. The van der Waals surface area contributed by atoms with Crippen molar-refractivity contribution in [2.45, 2.75) is 20.0 Å². The van der Waals surface area contributed by atoms with Gasteiger partial charge in [0.25, 0.3) is 11.6 Å². The molecule has 0 bridgehead atoms. The Hall–Kier alpha value is -3.42. The van der Waals surface area contributed by atoms with Crippen LogP contribution in [-0.2, 0) is 9.53 Å². The summed E-state index contributed by atoms with van der Waals surface area (Å²) in [7, 11) is 0. The molecule has 0 unspecified atom stereocenters. The van der Waals surface area contributed by atoms with Crippen LogP contribution in [-0.4, -0.2) is 29.5 Å². The molecule has 0 saturated heterocycles. The van der Waals surface area contributed by atoms with Gasteiger partial charge in [-0.05, 0) is 44.2 Å². The maximum absolute atomic E-state index is 12.2. The number of carbonyl (C=O) groups excluding carboxylic acids is 2. The van der Waals surface area contributed by atoms with Crippen molar-refractivity contribution in [1.29, 1.82) is 0 Å². The summed E-state index contributed by atoms with van der Waals surface area (Å²) in [6, 6.07) is 12.1. The Bertz CT molecular complexity index is 804. The van der Waals surface area contributed by atoms with Gasteiger partial charge in [0.1, 0.15) is 11.3 Å². The highest BCUT2D eigenvalue weighted by Crippen LogP contribution is 2.20. The van der Waals surface area contributed by atoms with Crippen molar-refractivity contribution in [2.75, 3.05) is 11.9 Å². The molecule has 1 atom stereocenters. The summed E-state index contributed by atoms with van der Waals surface area (Å²) in [6.07, 6.45) is -1.13. The zero-order chi connectivity index (χ0) is 19.1. The second-order valence-electron chi connectivity index (χ2n) is 5.27. The van der Waals surface area contributed by atoms with E-state index in [1.165, 1.54) is 31.2 Å². The third kappa shape index (κ3) is 4.79. The second-order valence-corrected chi connectivity index (χ2v) is 5.27. The van der Waals surface area contributed by atoms with Crippen LogP contribution in [0, 0.1) is 10.1 Å². The zero-order valence-electron chi connectivity index (χ0n) is 14.3. The van der Waals surface area contributed by atoms with Crippen molar-refractivity contribution in [1.82, 2.24) is 0 Å². The Morgan fingerprint density at radius 1 is 1.15 bits per heavy atom. The van der Waals surface area contributed by atoms with Crippen molar-refractivity contribution in [3.05, 3.63) is 64.2 Å². The van der Waals surface area contributed by atoms with Crippen molar-refractivity contribution >= 4 is 23.3 Å². The van der Waals surface area contributed by atoms with Gasteiger partial charge < -0.3 is 14.8 Å². The minimum atomic E-state index is -1.13. The largest absolute Gasteiger partial charge is 0.494 e. The molecule has 0 aliphatic rings. The standard InChI is InChI=1S/C18H18N2O6/c1-3-25-14-10-8-13(9-11-14)19-17(21)12(2)26-18(22)15-6-4-5-7-16(15)20(23)24/h4-12H,3H2,1-2H3,(H,19,21)/t12-/m1/s1. The number of ether oxygens (including phenoxy) is 2. The second kappa shape index (κ2) is 8.61. The topological polar surface area (TPSA) is 108 Å². The highest BCUT2D eigenvalue weighted by molar-refractivity contribution is 5.98. The molecule has 0 saturated carbocycles. The maximum Gasteiger partial charge on any atom is 0.345 e. The van der Waals surface area contributed by atoms with Crippen LogP contribution in [0.5, 0.6) is 5.75 Å². The molecule has 8 nitrogen and oxygen atoms in total. The normalized spacial score (nSPS) is 11.3. The quantitative estimate of drug-likeness (QED) is 0.463. The molecule has 1 amide bonds. The van der Waals surface area contributed by atoms with Crippen LogP contribution >= 0.6 is 0 Å². The molecule has 8 heteroatoms. The van der Waals surface area contributed by atoms with Gasteiger partial charge in [0, 0.05) is 11.8 Å². The Labute approximate surface area is 149 Å². The first kappa shape index (κ1) is 18.9. The van der Waals surface area contributed by atoms with Crippen LogP contribution < -0.4 is 10.1 Å². The van der Waals surface area contributed by atoms with Crippen LogP contribution in [0.2, 0.25) is 0 Å². The van der Waals surface area contributed by atoms with E-state index < -0.39 is 22.9 Å². The number of nitrogens with zero attached hydrogens (tertiary/aromatic N) is 1. The molecule has 0 spiro atoms. The zero-order valence-corrected chi connectivity index (χ0v) is 14.3. The van der Waals surface area contributed by atoms with Gasteiger partial charge in [0.15, 0.2) is 6.10 Å². The van der Waals surface area contributed by atoms with Crippen molar-refractivity contribution < 1.29 is 24.0 Å². The molecule has 0 fully saturated rings. The van der Waals surface area contributed by atoms with E-state index in [1.807, 2.05) is 6.92 Å². The van der Waals surface area contributed by atoms with E-state index >= 15 is 0 Å². The minimum Gasteiger partial charge on any atom is -0.494 e. The van der Waals surface area contributed by atoms with Gasteiger partial charge >= 0.3 is 5.97 Å². The van der Waals surface area contributed by atoms with Gasteiger partial charge in [-0.15, -0.1) is 0 Å². The molecule has 26 heavy (non-hydrogen) atoms. The summed E-state index contributed by atoms with van der Waals surface area (Å²) in [4.78, 5) is 34.6. The third-order valence-electron chi connectivity index (χ3n) is 3.41. The highest BCUT2D eigenvalue weighted by atomic mass is 16.6. The number of nitro groups is 1. The fourth-order valence-corrected chi connectivity index (χ4v) is 2.13. The molecule has 0 radical (unpaired) electrons. The van der Waals surface area contributed by atoms with Gasteiger partial charge in [0.05, 0.1) is 11.5 Å². The Morgan fingerprint density at radius 3 is 2.42 bits per heavy atom. The number of anilines is 1. The van der Waals surface area contributed by atoms with Crippen molar-refractivity contribution in [2.24, 2.45) is 0 Å². The first-order valence-corrected chi connectivity index (χ1v) is 7.90. The van der Waals surface area contributed by atoms with Gasteiger partial charge in [-0.25, -0.2) is 4.79 Å². The van der Waals surface area contributed by atoms with E-state index in [0.717, 1.165) is 0 Å². The van der Waals surface area contributed by atoms with Crippen molar-refractivity contribution in [3.8, 4) is 5.75 Å².